The van der Waals surface area contributed by atoms with E-state index in [1.807, 2.05) is 24.3 Å². The summed E-state index contributed by atoms with van der Waals surface area (Å²) in [6.45, 7) is 5.57. The molecule has 0 bridgehead atoms. The summed E-state index contributed by atoms with van der Waals surface area (Å²) in [4.78, 5) is 0. The Hall–Kier alpha value is -1.10. The molecule has 0 saturated heterocycles. The van der Waals surface area contributed by atoms with Crippen LogP contribution in [-0.4, -0.2) is 37.6 Å². The monoisotopic (exact) mass is 253 g/mol. The minimum Gasteiger partial charge on any atom is -0.491 e. The van der Waals surface area contributed by atoms with Crippen LogP contribution in [0.2, 0.25) is 0 Å². The Balaban J connectivity index is 2.43. The van der Waals surface area contributed by atoms with Crippen LogP contribution in [0.15, 0.2) is 24.3 Å². The van der Waals surface area contributed by atoms with Gasteiger partial charge in [-0.05, 0) is 17.7 Å². The van der Waals surface area contributed by atoms with E-state index in [-0.39, 0.29) is 13.2 Å². The largest absolute Gasteiger partial charge is 0.491 e. The van der Waals surface area contributed by atoms with E-state index < -0.39 is 6.10 Å². The SMILES string of the molecule is COCC(O)COc1cccc(CNC(C)C)c1. The second-order valence-electron chi connectivity index (χ2n) is 4.60. The molecule has 0 heterocycles. The average molecular weight is 253 g/mol. The van der Waals surface area contributed by atoms with Crippen molar-refractivity contribution in [2.45, 2.75) is 32.5 Å². The van der Waals surface area contributed by atoms with Gasteiger partial charge in [-0.2, -0.15) is 0 Å². The van der Waals surface area contributed by atoms with E-state index in [0.29, 0.717) is 6.04 Å². The van der Waals surface area contributed by atoms with Gasteiger partial charge in [-0.15, -0.1) is 0 Å². The van der Waals surface area contributed by atoms with Crippen LogP contribution in [0.5, 0.6) is 5.75 Å². The molecule has 2 N–H and O–H groups in total. The summed E-state index contributed by atoms with van der Waals surface area (Å²) in [7, 11) is 1.56. The van der Waals surface area contributed by atoms with E-state index in [1.54, 1.807) is 7.11 Å². The van der Waals surface area contributed by atoms with Crippen molar-refractivity contribution in [3.8, 4) is 5.75 Å². The molecule has 4 heteroatoms. The zero-order chi connectivity index (χ0) is 13.4. The van der Waals surface area contributed by atoms with Gasteiger partial charge in [0.15, 0.2) is 0 Å². The first-order valence-electron chi connectivity index (χ1n) is 6.24. The lowest BCUT2D eigenvalue weighted by Gasteiger charge is -2.13. The fourth-order valence-electron chi connectivity index (χ4n) is 1.50. The molecule has 0 radical (unpaired) electrons. The summed E-state index contributed by atoms with van der Waals surface area (Å²) in [5.74, 6) is 0.771. The highest BCUT2D eigenvalue weighted by atomic mass is 16.5. The van der Waals surface area contributed by atoms with E-state index >= 15 is 0 Å². The Bertz CT molecular complexity index is 342. The lowest BCUT2D eigenvalue weighted by molar-refractivity contribution is 0.0325. The summed E-state index contributed by atoms with van der Waals surface area (Å²) in [6, 6.07) is 8.33. The molecule has 1 aromatic carbocycles. The molecular formula is C14H23NO3. The van der Waals surface area contributed by atoms with Gasteiger partial charge in [0.05, 0.1) is 6.61 Å². The molecule has 18 heavy (non-hydrogen) atoms. The first-order chi connectivity index (χ1) is 8.61. The number of rotatable bonds is 8. The zero-order valence-electron chi connectivity index (χ0n) is 11.3. The Labute approximate surface area is 109 Å². The van der Waals surface area contributed by atoms with E-state index in [1.165, 1.54) is 5.56 Å². The van der Waals surface area contributed by atoms with Crippen LogP contribution in [-0.2, 0) is 11.3 Å². The van der Waals surface area contributed by atoms with Gasteiger partial charge in [-0.3, -0.25) is 0 Å². The highest BCUT2D eigenvalue weighted by Crippen LogP contribution is 2.13. The van der Waals surface area contributed by atoms with Crippen molar-refractivity contribution in [2.75, 3.05) is 20.3 Å². The number of methoxy groups -OCH3 is 1. The normalized spacial score (nSPS) is 12.7. The van der Waals surface area contributed by atoms with Gasteiger partial charge in [0, 0.05) is 19.7 Å². The number of nitrogens with one attached hydrogen (secondary N) is 1. The Morgan fingerprint density at radius 1 is 1.28 bits per heavy atom. The molecule has 0 saturated carbocycles. The number of ether oxygens (including phenoxy) is 2. The second kappa shape index (κ2) is 8.08. The maximum Gasteiger partial charge on any atom is 0.119 e. The van der Waals surface area contributed by atoms with Crippen molar-refractivity contribution in [1.82, 2.24) is 5.32 Å². The third-order valence-electron chi connectivity index (χ3n) is 2.41. The van der Waals surface area contributed by atoms with Crippen LogP contribution < -0.4 is 10.1 Å². The van der Waals surface area contributed by atoms with Gasteiger partial charge >= 0.3 is 0 Å². The molecule has 0 aliphatic rings. The summed E-state index contributed by atoms with van der Waals surface area (Å²) >= 11 is 0. The quantitative estimate of drug-likeness (QED) is 0.738. The van der Waals surface area contributed by atoms with Gasteiger partial charge in [0.2, 0.25) is 0 Å². The van der Waals surface area contributed by atoms with Crippen LogP contribution in [0.25, 0.3) is 0 Å². The van der Waals surface area contributed by atoms with Crippen molar-refractivity contribution in [3.05, 3.63) is 29.8 Å². The van der Waals surface area contributed by atoms with E-state index in [0.717, 1.165) is 12.3 Å². The molecule has 1 aromatic rings. The minimum atomic E-state index is -0.590. The van der Waals surface area contributed by atoms with Crippen molar-refractivity contribution in [2.24, 2.45) is 0 Å². The summed E-state index contributed by atoms with van der Waals surface area (Å²) in [5, 5.41) is 12.8. The Kier molecular flexibility index (Phi) is 6.72. The van der Waals surface area contributed by atoms with Gasteiger partial charge < -0.3 is 19.9 Å². The molecule has 0 amide bonds. The highest BCUT2D eigenvalue weighted by molar-refractivity contribution is 5.28. The number of aliphatic hydroxyl groups excluding tert-OH is 1. The third-order valence-corrected chi connectivity index (χ3v) is 2.41. The number of hydrogen-bond acceptors (Lipinski definition) is 4. The molecule has 0 spiro atoms. The maximum absolute atomic E-state index is 9.49. The van der Waals surface area contributed by atoms with E-state index in [4.69, 9.17) is 9.47 Å². The zero-order valence-corrected chi connectivity index (χ0v) is 11.3. The van der Waals surface area contributed by atoms with Gasteiger partial charge in [-0.1, -0.05) is 26.0 Å². The van der Waals surface area contributed by atoms with Gasteiger partial charge in [-0.25, -0.2) is 0 Å². The maximum atomic E-state index is 9.49. The van der Waals surface area contributed by atoms with Crippen LogP contribution in [0.1, 0.15) is 19.4 Å². The van der Waals surface area contributed by atoms with Crippen molar-refractivity contribution in [1.29, 1.82) is 0 Å². The fourth-order valence-corrected chi connectivity index (χ4v) is 1.50. The molecular weight excluding hydrogens is 230 g/mol. The van der Waals surface area contributed by atoms with Crippen molar-refractivity contribution in [3.63, 3.8) is 0 Å². The van der Waals surface area contributed by atoms with Crippen LogP contribution in [0.3, 0.4) is 0 Å². The summed E-state index contributed by atoms with van der Waals surface area (Å²) in [6.07, 6.45) is -0.590. The molecule has 0 fully saturated rings. The molecule has 0 aromatic heterocycles. The summed E-state index contributed by atoms with van der Waals surface area (Å²) < 4.78 is 10.4. The molecule has 1 atom stereocenters. The Morgan fingerprint density at radius 2 is 2.06 bits per heavy atom. The number of benzene rings is 1. The minimum absolute atomic E-state index is 0.245. The molecule has 0 aliphatic heterocycles. The highest BCUT2D eigenvalue weighted by Gasteiger charge is 2.05. The standard InChI is InChI=1S/C14H23NO3/c1-11(2)15-8-12-5-4-6-14(7-12)18-10-13(16)9-17-3/h4-7,11,13,15-16H,8-10H2,1-3H3. The van der Waals surface area contributed by atoms with Gasteiger partial charge in [0.1, 0.15) is 18.5 Å². The molecule has 1 rings (SSSR count). The smallest absolute Gasteiger partial charge is 0.119 e. The Morgan fingerprint density at radius 3 is 2.72 bits per heavy atom. The predicted molar refractivity (Wildman–Crippen MR) is 71.8 cm³/mol. The first-order valence-corrected chi connectivity index (χ1v) is 6.24. The van der Waals surface area contributed by atoms with Crippen molar-refractivity contribution < 1.29 is 14.6 Å². The van der Waals surface area contributed by atoms with E-state index in [2.05, 4.69) is 19.2 Å². The molecule has 4 nitrogen and oxygen atoms in total. The second-order valence-corrected chi connectivity index (χ2v) is 4.60. The van der Waals surface area contributed by atoms with Crippen LogP contribution in [0, 0.1) is 0 Å². The summed E-state index contributed by atoms with van der Waals surface area (Å²) in [5.41, 5.74) is 1.17. The molecule has 0 aliphatic carbocycles. The predicted octanol–water partition coefficient (Wildman–Crippen LogP) is 1.57. The van der Waals surface area contributed by atoms with E-state index in [9.17, 15) is 5.11 Å². The number of hydrogen-bond donors (Lipinski definition) is 2. The average Bonchev–Trinajstić information content (AvgIpc) is 2.35. The lowest BCUT2D eigenvalue weighted by Crippen LogP contribution is -2.23. The van der Waals surface area contributed by atoms with Crippen LogP contribution >= 0.6 is 0 Å². The first kappa shape index (κ1) is 15.0. The lowest BCUT2D eigenvalue weighted by atomic mass is 10.2. The van der Waals surface area contributed by atoms with Gasteiger partial charge in [0.25, 0.3) is 0 Å². The van der Waals surface area contributed by atoms with Crippen LogP contribution in [0.4, 0.5) is 0 Å². The molecule has 1 unspecified atom stereocenters. The third kappa shape index (κ3) is 6.00. The molecule has 102 valence electrons. The number of aliphatic hydroxyl groups is 1. The van der Waals surface area contributed by atoms with Crippen molar-refractivity contribution >= 4 is 0 Å². The fraction of sp³-hybridized carbons (Fsp3) is 0.571. The topological polar surface area (TPSA) is 50.7 Å².